The largest absolute Gasteiger partial charge is 0.460 e. The van der Waals surface area contributed by atoms with Crippen LogP contribution in [-0.2, 0) is 4.74 Å². The third kappa shape index (κ3) is 2.42. The molecule has 0 bridgehead atoms. The predicted molar refractivity (Wildman–Crippen MR) is 52.3 cm³/mol. The van der Waals surface area contributed by atoms with Gasteiger partial charge in [0.05, 0.1) is 6.61 Å². The maximum Gasteiger partial charge on any atom is 0.376 e. The van der Waals surface area contributed by atoms with Crippen LogP contribution in [0.15, 0.2) is 12.3 Å². The molecule has 0 radical (unpaired) electrons. The SMILES string of the molecule is CCOC(=O)c1nccc(N(C)C)n1. The summed E-state index contributed by atoms with van der Waals surface area (Å²) in [6.45, 7) is 2.07. The molecule has 0 saturated carbocycles. The van der Waals surface area contributed by atoms with Gasteiger partial charge >= 0.3 is 5.97 Å². The van der Waals surface area contributed by atoms with E-state index in [2.05, 4.69) is 9.97 Å². The molecule has 0 saturated heterocycles. The van der Waals surface area contributed by atoms with Crippen LogP contribution in [0.1, 0.15) is 17.5 Å². The van der Waals surface area contributed by atoms with E-state index in [9.17, 15) is 4.79 Å². The molecule has 0 aromatic carbocycles. The molecule has 0 atom stereocenters. The average molecular weight is 195 g/mol. The average Bonchev–Trinajstić information content (AvgIpc) is 2.18. The van der Waals surface area contributed by atoms with Crippen molar-refractivity contribution in [2.24, 2.45) is 0 Å². The van der Waals surface area contributed by atoms with Crippen LogP contribution >= 0.6 is 0 Å². The van der Waals surface area contributed by atoms with Crippen LogP contribution in [0.5, 0.6) is 0 Å². The monoisotopic (exact) mass is 195 g/mol. The second kappa shape index (κ2) is 4.55. The van der Waals surface area contributed by atoms with E-state index in [0.717, 1.165) is 0 Å². The Balaban J connectivity index is 2.88. The molecule has 1 rings (SSSR count). The Morgan fingerprint density at radius 1 is 1.57 bits per heavy atom. The minimum atomic E-state index is -0.490. The number of aromatic nitrogens is 2. The molecule has 0 unspecified atom stereocenters. The molecule has 76 valence electrons. The first-order chi connectivity index (χ1) is 6.65. The van der Waals surface area contributed by atoms with Crippen LogP contribution in [0.2, 0.25) is 0 Å². The highest BCUT2D eigenvalue weighted by Crippen LogP contribution is 2.05. The number of rotatable bonds is 3. The molecule has 0 aliphatic carbocycles. The molecule has 5 nitrogen and oxygen atoms in total. The van der Waals surface area contributed by atoms with Crippen molar-refractivity contribution in [1.82, 2.24) is 9.97 Å². The van der Waals surface area contributed by atoms with E-state index in [1.54, 1.807) is 17.9 Å². The van der Waals surface area contributed by atoms with Gasteiger partial charge in [0.25, 0.3) is 0 Å². The summed E-state index contributed by atoms with van der Waals surface area (Å²) in [6.07, 6.45) is 1.54. The topological polar surface area (TPSA) is 55.3 Å². The van der Waals surface area contributed by atoms with Gasteiger partial charge in [-0.3, -0.25) is 0 Å². The van der Waals surface area contributed by atoms with Crippen molar-refractivity contribution in [3.05, 3.63) is 18.1 Å². The fourth-order valence-electron chi connectivity index (χ4n) is 0.892. The van der Waals surface area contributed by atoms with Crippen LogP contribution in [0.3, 0.4) is 0 Å². The van der Waals surface area contributed by atoms with Crippen molar-refractivity contribution in [2.75, 3.05) is 25.6 Å². The maximum absolute atomic E-state index is 11.3. The first kappa shape index (κ1) is 10.4. The summed E-state index contributed by atoms with van der Waals surface area (Å²) in [5.41, 5.74) is 0. The smallest absolute Gasteiger partial charge is 0.376 e. The Hall–Kier alpha value is -1.65. The summed E-state index contributed by atoms with van der Waals surface area (Å²) in [4.78, 5) is 20.9. The maximum atomic E-state index is 11.3. The van der Waals surface area contributed by atoms with Gasteiger partial charge in [-0.25, -0.2) is 14.8 Å². The first-order valence-corrected chi connectivity index (χ1v) is 4.32. The van der Waals surface area contributed by atoms with Crippen LogP contribution in [-0.4, -0.2) is 36.6 Å². The highest BCUT2D eigenvalue weighted by molar-refractivity contribution is 5.85. The Morgan fingerprint density at radius 3 is 2.86 bits per heavy atom. The van der Waals surface area contributed by atoms with Gasteiger partial charge in [-0.2, -0.15) is 0 Å². The standard InChI is InChI=1S/C9H13N3O2/c1-4-14-9(13)8-10-6-5-7(11-8)12(2)3/h5-6H,4H2,1-3H3. The zero-order valence-electron chi connectivity index (χ0n) is 8.52. The zero-order chi connectivity index (χ0) is 10.6. The highest BCUT2D eigenvalue weighted by atomic mass is 16.5. The number of ether oxygens (including phenoxy) is 1. The van der Waals surface area contributed by atoms with Gasteiger partial charge in [0.2, 0.25) is 5.82 Å². The number of nitrogens with zero attached hydrogens (tertiary/aromatic N) is 3. The second-order valence-electron chi connectivity index (χ2n) is 2.85. The van der Waals surface area contributed by atoms with E-state index in [1.807, 2.05) is 14.1 Å². The predicted octanol–water partition coefficient (Wildman–Crippen LogP) is 0.719. The summed E-state index contributed by atoms with van der Waals surface area (Å²) < 4.78 is 4.78. The van der Waals surface area contributed by atoms with E-state index in [0.29, 0.717) is 12.4 Å². The molecule has 1 heterocycles. The number of anilines is 1. The van der Waals surface area contributed by atoms with Crippen LogP contribution in [0, 0.1) is 0 Å². The number of esters is 1. The number of hydrogen-bond donors (Lipinski definition) is 0. The van der Waals surface area contributed by atoms with Gasteiger partial charge in [-0.1, -0.05) is 0 Å². The summed E-state index contributed by atoms with van der Waals surface area (Å²) in [6, 6.07) is 1.72. The molecular formula is C9H13N3O2. The van der Waals surface area contributed by atoms with Gasteiger partial charge in [0.15, 0.2) is 0 Å². The molecule has 0 fully saturated rings. The Morgan fingerprint density at radius 2 is 2.29 bits per heavy atom. The van der Waals surface area contributed by atoms with Crippen molar-refractivity contribution < 1.29 is 9.53 Å². The molecular weight excluding hydrogens is 182 g/mol. The van der Waals surface area contributed by atoms with Crippen LogP contribution in [0.25, 0.3) is 0 Å². The third-order valence-corrected chi connectivity index (χ3v) is 1.56. The van der Waals surface area contributed by atoms with Gasteiger partial charge in [-0.05, 0) is 13.0 Å². The fourth-order valence-corrected chi connectivity index (χ4v) is 0.892. The lowest BCUT2D eigenvalue weighted by atomic mass is 10.5. The number of carbonyl (C=O) groups excluding carboxylic acids is 1. The van der Waals surface area contributed by atoms with E-state index < -0.39 is 5.97 Å². The lowest BCUT2D eigenvalue weighted by Crippen LogP contribution is -2.15. The Bertz CT molecular complexity index is 326. The number of hydrogen-bond acceptors (Lipinski definition) is 5. The number of carbonyl (C=O) groups is 1. The quantitative estimate of drug-likeness (QED) is 0.665. The van der Waals surface area contributed by atoms with Crippen molar-refractivity contribution in [3.8, 4) is 0 Å². The molecule has 0 aliphatic rings. The summed E-state index contributed by atoms with van der Waals surface area (Å²) in [7, 11) is 3.69. The van der Waals surface area contributed by atoms with Crippen LogP contribution in [0.4, 0.5) is 5.82 Å². The molecule has 0 aliphatic heterocycles. The third-order valence-electron chi connectivity index (χ3n) is 1.56. The molecule has 0 N–H and O–H groups in total. The first-order valence-electron chi connectivity index (χ1n) is 4.32. The van der Waals surface area contributed by atoms with Crippen molar-refractivity contribution >= 4 is 11.8 Å². The fraction of sp³-hybridized carbons (Fsp3) is 0.444. The Kier molecular flexibility index (Phi) is 3.39. The van der Waals surface area contributed by atoms with Gasteiger partial charge in [0, 0.05) is 20.3 Å². The Labute approximate surface area is 82.7 Å². The van der Waals surface area contributed by atoms with E-state index in [4.69, 9.17) is 4.74 Å². The lowest BCUT2D eigenvalue weighted by Gasteiger charge is -2.10. The van der Waals surface area contributed by atoms with Gasteiger partial charge in [-0.15, -0.1) is 0 Å². The minimum absolute atomic E-state index is 0.0954. The normalized spacial score (nSPS) is 9.64. The van der Waals surface area contributed by atoms with E-state index >= 15 is 0 Å². The van der Waals surface area contributed by atoms with Crippen LogP contribution < -0.4 is 4.90 Å². The molecule has 14 heavy (non-hydrogen) atoms. The molecule has 0 amide bonds. The van der Waals surface area contributed by atoms with E-state index in [1.165, 1.54) is 6.20 Å². The summed E-state index contributed by atoms with van der Waals surface area (Å²) >= 11 is 0. The van der Waals surface area contributed by atoms with Crippen molar-refractivity contribution in [3.63, 3.8) is 0 Å². The van der Waals surface area contributed by atoms with Crippen molar-refractivity contribution in [1.29, 1.82) is 0 Å². The van der Waals surface area contributed by atoms with Crippen molar-refractivity contribution in [2.45, 2.75) is 6.92 Å². The molecule has 5 heteroatoms. The highest BCUT2D eigenvalue weighted by Gasteiger charge is 2.10. The summed E-state index contributed by atoms with van der Waals surface area (Å²) in [5, 5.41) is 0. The zero-order valence-corrected chi connectivity index (χ0v) is 8.52. The molecule has 0 spiro atoms. The lowest BCUT2D eigenvalue weighted by molar-refractivity contribution is 0.0512. The van der Waals surface area contributed by atoms with E-state index in [-0.39, 0.29) is 5.82 Å². The van der Waals surface area contributed by atoms with Gasteiger partial charge in [0.1, 0.15) is 5.82 Å². The summed E-state index contributed by atoms with van der Waals surface area (Å²) in [5.74, 6) is 0.289. The molecule has 1 aromatic heterocycles. The molecule has 1 aromatic rings. The second-order valence-corrected chi connectivity index (χ2v) is 2.85. The minimum Gasteiger partial charge on any atom is -0.460 e. The van der Waals surface area contributed by atoms with Gasteiger partial charge < -0.3 is 9.64 Å².